The number of aryl methyl sites for hydroxylation is 1. The predicted molar refractivity (Wildman–Crippen MR) is 111 cm³/mol. The summed E-state index contributed by atoms with van der Waals surface area (Å²) in [5, 5.41) is 18.1. The molecule has 0 amide bonds. The van der Waals surface area contributed by atoms with Crippen LogP contribution >= 0.6 is 15.9 Å². The summed E-state index contributed by atoms with van der Waals surface area (Å²) in [6, 6.07) is 12.2. The number of aliphatic carboxylic acids is 1. The second-order valence-corrected chi connectivity index (χ2v) is 7.40. The molecule has 2 aromatic carbocycles. The summed E-state index contributed by atoms with van der Waals surface area (Å²) < 4.78 is 17.2. The van der Waals surface area contributed by atoms with Crippen LogP contribution in [0.1, 0.15) is 41.5 Å². The Hall–Kier alpha value is -2.84. The number of hydrogen-bond donors (Lipinski definition) is 2. The SMILES string of the molecule is CC(=O)O.Cc1nc2n(c1C)-c1ccc(Br)cc1C(c1ccccc1F)=NC2O. The fraction of sp³-hybridized carbons (Fsp3) is 0.190. The molecule has 0 aliphatic carbocycles. The number of rotatable bonds is 1. The largest absolute Gasteiger partial charge is 0.481 e. The van der Waals surface area contributed by atoms with Gasteiger partial charge in [-0.25, -0.2) is 14.4 Å². The van der Waals surface area contributed by atoms with E-state index >= 15 is 0 Å². The van der Waals surface area contributed by atoms with Gasteiger partial charge in [0.15, 0.2) is 5.82 Å². The van der Waals surface area contributed by atoms with Gasteiger partial charge in [-0.05, 0) is 44.2 Å². The van der Waals surface area contributed by atoms with Crippen molar-refractivity contribution in [3.05, 3.63) is 81.1 Å². The molecule has 6 nitrogen and oxygen atoms in total. The van der Waals surface area contributed by atoms with Crippen molar-refractivity contribution in [2.45, 2.75) is 27.0 Å². The van der Waals surface area contributed by atoms with Gasteiger partial charge in [0.25, 0.3) is 5.97 Å². The van der Waals surface area contributed by atoms with E-state index in [9.17, 15) is 9.50 Å². The summed E-state index contributed by atoms with van der Waals surface area (Å²) >= 11 is 3.48. The average Bonchev–Trinajstić information content (AvgIpc) is 2.88. The van der Waals surface area contributed by atoms with E-state index in [0.717, 1.165) is 34.0 Å². The topological polar surface area (TPSA) is 87.7 Å². The van der Waals surface area contributed by atoms with Crippen LogP contribution in [0.15, 0.2) is 51.9 Å². The molecule has 1 aromatic heterocycles. The second-order valence-electron chi connectivity index (χ2n) is 6.49. The Balaban J connectivity index is 0.000000552. The van der Waals surface area contributed by atoms with Crippen LogP contribution in [0.25, 0.3) is 5.69 Å². The van der Waals surface area contributed by atoms with E-state index < -0.39 is 12.2 Å². The lowest BCUT2D eigenvalue weighted by atomic mass is 10.00. The second kappa shape index (κ2) is 8.26. The van der Waals surface area contributed by atoms with Gasteiger partial charge in [0.05, 0.1) is 17.1 Å². The van der Waals surface area contributed by atoms with Crippen LogP contribution in [0.5, 0.6) is 0 Å². The van der Waals surface area contributed by atoms with E-state index in [4.69, 9.17) is 9.90 Å². The lowest BCUT2D eigenvalue weighted by Crippen LogP contribution is -2.09. The summed E-state index contributed by atoms with van der Waals surface area (Å²) in [6.45, 7) is 4.92. The molecule has 0 fully saturated rings. The number of aromatic nitrogens is 2. The van der Waals surface area contributed by atoms with Gasteiger partial charge in [0.2, 0.25) is 6.23 Å². The Morgan fingerprint density at radius 2 is 1.83 bits per heavy atom. The zero-order valence-electron chi connectivity index (χ0n) is 16.0. The monoisotopic (exact) mass is 459 g/mol. The van der Waals surface area contributed by atoms with Crippen LogP contribution in [0.3, 0.4) is 0 Å². The van der Waals surface area contributed by atoms with Crippen molar-refractivity contribution in [3.63, 3.8) is 0 Å². The van der Waals surface area contributed by atoms with E-state index in [1.165, 1.54) is 6.07 Å². The van der Waals surface area contributed by atoms with Crippen molar-refractivity contribution in [1.29, 1.82) is 0 Å². The van der Waals surface area contributed by atoms with Crippen LogP contribution in [0.2, 0.25) is 0 Å². The highest BCUT2D eigenvalue weighted by Crippen LogP contribution is 2.33. The number of halogens is 2. The van der Waals surface area contributed by atoms with Crippen LogP contribution in [-0.4, -0.2) is 31.4 Å². The molecule has 0 saturated heterocycles. The number of aliphatic hydroxyl groups excluding tert-OH is 1. The highest BCUT2D eigenvalue weighted by Gasteiger charge is 2.28. The van der Waals surface area contributed by atoms with E-state index in [1.807, 2.05) is 36.6 Å². The lowest BCUT2D eigenvalue weighted by Gasteiger charge is -2.14. The number of carboxylic acids is 1. The Morgan fingerprint density at radius 3 is 2.48 bits per heavy atom. The van der Waals surface area contributed by atoms with Crippen LogP contribution in [0.4, 0.5) is 4.39 Å². The third-order valence-electron chi connectivity index (χ3n) is 4.44. The molecule has 2 heterocycles. The van der Waals surface area contributed by atoms with E-state index in [1.54, 1.807) is 18.2 Å². The molecule has 29 heavy (non-hydrogen) atoms. The fourth-order valence-corrected chi connectivity index (χ4v) is 3.49. The first-order valence-electron chi connectivity index (χ1n) is 8.77. The van der Waals surface area contributed by atoms with Gasteiger partial charge in [0.1, 0.15) is 5.82 Å². The van der Waals surface area contributed by atoms with Gasteiger partial charge >= 0.3 is 0 Å². The minimum atomic E-state index is -1.17. The van der Waals surface area contributed by atoms with Crippen molar-refractivity contribution in [1.82, 2.24) is 9.55 Å². The molecule has 0 spiro atoms. The quantitative estimate of drug-likeness (QED) is 0.566. The zero-order chi connectivity index (χ0) is 21.3. The number of aliphatic hydroxyl groups is 1. The smallest absolute Gasteiger partial charge is 0.300 e. The summed E-state index contributed by atoms with van der Waals surface area (Å²) in [5.41, 5.74) is 4.05. The highest BCUT2D eigenvalue weighted by molar-refractivity contribution is 9.10. The lowest BCUT2D eigenvalue weighted by molar-refractivity contribution is -0.134. The zero-order valence-corrected chi connectivity index (χ0v) is 17.6. The molecule has 8 heteroatoms. The number of hydrogen-bond acceptors (Lipinski definition) is 4. The molecule has 4 rings (SSSR count). The van der Waals surface area contributed by atoms with Crippen LogP contribution in [0, 0.1) is 19.7 Å². The number of benzene rings is 2. The summed E-state index contributed by atoms with van der Waals surface area (Å²) in [6.07, 6.45) is -1.17. The molecule has 1 atom stereocenters. The molecule has 0 bridgehead atoms. The van der Waals surface area contributed by atoms with Gasteiger partial charge in [-0.1, -0.05) is 28.1 Å². The number of carboxylic acid groups (broad SMARTS) is 1. The average molecular weight is 460 g/mol. The van der Waals surface area contributed by atoms with E-state index in [0.29, 0.717) is 17.1 Å². The minimum absolute atomic E-state index is 0.348. The van der Waals surface area contributed by atoms with Gasteiger partial charge in [-0.3, -0.25) is 9.36 Å². The number of imidazole rings is 1. The van der Waals surface area contributed by atoms with E-state index in [-0.39, 0.29) is 5.82 Å². The van der Waals surface area contributed by atoms with Gasteiger partial charge in [0, 0.05) is 28.2 Å². The first-order chi connectivity index (χ1) is 13.7. The third kappa shape index (κ3) is 4.13. The molecule has 150 valence electrons. The van der Waals surface area contributed by atoms with Gasteiger partial charge < -0.3 is 10.2 Å². The molecule has 1 unspecified atom stereocenters. The number of carbonyl (C=O) groups is 1. The minimum Gasteiger partial charge on any atom is -0.481 e. The number of nitrogens with zero attached hydrogens (tertiary/aromatic N) is 3. The van der Waals surface area contributed by atoms with Crippen molar-refractivity contribution >= 4 is 27.6 Å². The Bertz CT molecular complexity index is 1120. The first kappa shape index (κ1) is 20.9. The maximum atomic E-state index is 14.4. The summed E-state index contributed by atoms with van der Waals surface area (Å²) in [7, 11) is 0. The normalized spacial score (nSPS) is 14.7. The van der Waals surface area contributed by atoms with Crippen LogP contribution in [-0.2, 0) is 4.79 Å². The molecule has 1 aliphatic heterocycles. The Morgan fingerprint density at radius 1 is 1.17 bits per heavy atom. The number of aliphatic imine (C=N–C) groups is 1. The molecule has 2 N–H and O–H groups in total. The van der Waals surface area contributed by atoms with Crippen molar-refractivity contribution in [2.24, 2.45) is 4.99 Å². The standard InChI is InChI=1S/C19H15BrFN3O.C2H4O2/c1-10-11(2)24-16-8-7-12(20)9-14(16)17(23-19(25)18(24)22-10)13-5-3-4-6-15(13)21;1-2(3)4/h3-9,19,25H,1-2H3;1H3,(H,3,4). The Labute approximate surface area is 175 Å². The number of fused-ring (bicyclic) bond motifs is 3. The van der Waals surface area contributed by atoms with Crippen molar-refractivity contribution < 1.29 is 19.4 Å². The Kier molecular flexibility index (Phi) is 5.95. The van der Waals surface area contributed by atoms with Crippen LogP contribution < -0.4 is 0 Å². The molecule has 1 aliphatic rings. The maximum absolute atomic E-state index is 14.4. The molecule has 0 saturated carbocycles. The van der Waals surface area contributed by atoms with Gasteiger partial charge in [-0.2, -0.15) is 0 Å². The molecular weight excluding hydrogens is 441 g/mol. The fourth-order valence-electron chi connectivity index (χ4n) is 3.12. The first-order valence-corrected chi connectivity index (χ1v) is 9.56. The molecule has 3 aromatic rings. The maximum Gasteiger partial charge on any atom is 0.300 e. The van der Waals surface area contributed by atoms with Crippen molar-refractivity contribution in [3.8, 4) is 5.69 Å². The van der Waals surface area contributed by atoms with Crippen molar-refractivity contribution in [2.75, 3.05) is 0 Å². The third-order valence-corrected chi connectivity index (χ3v) is 4.93. The van der Waals surface area contributed by atoms with Gasteiger partial charge in [-0.15, -0.1) is 0 Å². The molecule has 0 radical (unpaired) electrons. The van der Waals surface area contributed by atoms with E-state index in [2.05, 4.69) is 25.9 Å². The summed E-state index contributed by atoms with van der Waals surface area (Å²) in [4.78, 5) is 17.9. The molecular formula is C21H19BrFN3O3. The summed E-state index contributed by atoms with van der Waals surface area (Å²) in [5.74, 6) is -0.781. The predicted octanol–water partition coefficient (Wildman–Crippen LogP) is 4.32. The highest BCUT2D eigenvalue weighted by atomic mass is 79.9.